The van der Waals surface area contributed by atoms with Gasteiger partial charge in [0.2, 0.25) is 5.82 Å². The molecule has 0 saturated carbocycles. The van der Waals surface area contributed by atoms with Gasteiger partial charge in [-0.25, -0.2) is 9.78 Å². The van der Waals surface area contributed by atoms with Crippen molar-refractivity contribution >= 4 is 23.4 Å². The molecule has 15 nitrogen and oxygen atoms in total. The largest absolute Gasteiger partial charge is 0.493 e. The summed E-state index contributed by atoms with van der Waals surface area (Å²) in [4.78, 5) is 40.8. The summed E-state index contributed by atoms with van der Waals surface area (Å²) in [5, 5.41) is 25.5. The van der Waals surface area contributed by atoms with Crippen molar-refractivity contribution in [3.8, 4) is 23.1 Å². The molecule has 44 heavy (non-hydrogen) atoms. The van der Waals surface area contributed by atoms with Gasteiger partial charge in [0.25, 0.3) is 11.9 Å². The number of nitrogen functional groups attached to an aromatic ring is 1. The Morgan fingerprint density at radius 1 is 1.11 bits per heavy atom. The number of ether oxygens (including phenoxy) is 3. The number of hydrogen-bond donors (Lipinski definition) is 6. The molecule has 0 bridgehead atoms. The van der Waals surface area contributed by atoms with E-state index in [9.17, 15) is 9.59 Å². The van der Waals surface area contributed by atoms with E-state index >= 15 is 0 Å². The van der Waals surface area contributed by atoms with Gasteiger partial charge in [0.15, 0.2) is 29.7 Å². The van der Waals surface area contributed by atoms with Gasteiger partial charge in [-0.3, -0.25) is 20.0 Å². The molecule has 7 N–H and O–H groups in total. The molecule has 2 aromatic heterocycles. The van der Waals surface area contributed by atoms with E-state index in [1.165, 1.54) is 20.4 Å². The quantitative estimate of drug-likeness (QED) is 0.101. The van der Waals surface area contributed by atoms with E-state index in [1.54, 1.807) is 54.6 Å². The molecule has 4 aromatic rings. The lowest BCUT2D eigenvalue weighted by Gasteiger charge is -2.20. The van der Waals surface area contributed by atoms with Gasteiger partial charge in [0.1, 0.15) is 11.9 Å². The summed E-state index contributed by atoms with van der Waals surface area (Å²) < 4.78 is 18.0. The van der Waals surface area contributed by atoms with Crippen LogP contribution in [0.15, 0.2) is 65.6 Å². The summed E-state index contributed by atoms with van der Waals surface area (Å²) in [5.74, 6) is 0.525. The number of carboxylic acids is 1. The zero-order valence-electron chi connectivity index (χ0n) is 24.6. The summed E-state index contributed by atoms with van der Waals surface area (Å²) in [6.07, 6.45) is 1.54. The molecular formula is C29H34N8O7. The number of anilines is 1. The number of methoxy groups -OCH3 is 1. The van der Waals surface area contributed by atoms with E-state index < -0.39 is 17.7 Å². The lowest BCUT2D eigenvalue weighted by Crippen LogP contribution is -2.25. The number of aromatic amines is 1. The zero-order valence-corrected chi connectivity index (χ0v) is 24.6. The Labute approximate surface area is 252 Å². The van der Waals surface area contributed by atoms with Gasteiger partial charge < -0.3 is 35.7 Å². The number of nitrogens with one attached hydrogen (secondary N) is 4. The molecule has 15 heteroatoms. The Hall–Kier alpha value is -5.86. The maximum absolute atomic E-state index is 13.0. The van der Waals surface area contributed by atoms with Crippen LogP contribution in [-0.2, 0) is 9.59 Å². The molecule has 0 aliphatic heterocycles. The van der Waals surface area contributed by atoms with Gasteiger partial charge in [-0.2, -0.15) is 4.68 Å². The molecule has 0 fully saturated rings. The SMILES string of the molecule is CC(=O)O.CCOc1cc(C(Nc2ccc(C(=N)N)cc2)c2nn(-c3ncccc3OC)c(=O)[nH]2)ccc1OCC(=O)NC. The molecule has 0 aliphatic rings. The number of nitrogens with two attached hydrogens (primary N) is 1. The molecule has 2 aromatic carbocycles. The molecule has 0 spiro atoms. The van der Waals surface area contributed by atoms with Crippen LogP contribution in [0.3, 0.4) is 0 Å². The highest BCUT2D eigenvalue weighted by Crippen LogP contribution is 2.34. The summed E-state index contributed by atoms with van der Waals surface area (Å²) in [5.41, 5.74) is 7.02. The van der Waals surface area contributed by atoms with Gasteiger partial charge in [-0.1, -0.05) is 6.07 Å². The summed E-state index contributed by atoms with van der Waals surface area (Å²) in [6, 6.07) is 14.9. The normalized spacial score (nSPS) is 10.9. The van der Waals surface area contributed by atoms with Gasteiger partial charge >= 0.3 is 5.69 Å². The molecule has 0 saturated heterocycles. The molecule has 2 heterocycles. The smallest absolute Gasteiger partial charge is 0.349 e. The Kier molecular flexibility index (Phi) is 11.4. The van der Waals surface area contributed by atoms with Crippen LogP contribution in [-0.4, -0.2) is 69.9 Å². The number of likely N-dealkylation sites (N-methyl/N-ethyl adjacent to an activating group) is 1. The van der Waals surface area contributed by atoms with Gasteiger partial charge in [0.05, 0.1) is 13.7 Å². The van der Waals surface area contributed by atoms with E-state index in [0.717, 1.165) is 11.6 Å². The standard InChI is InChI=1S/C27H30N8O5.C2H4O2/c1-4-39-21-14-17(9-12-19(21)40-15-22(36)30-2)23(32-18-10-7-16(8-11-18)24(28)29)25-33-27(37)35(34-25)26-20(38-3)6-5-13-31-26;1-2(3)4/h5-14,23,32H,4,15H2,1-3H3,(H3,28,29)(H,30,36)(H,33,34,37);1H3,(H,3,4). The number of carbonyl (C=O) groups excluding carboxylic acids is 1. The number of nitrogens with zero attached hydrogens (tertiary/aromatic N) is 3. The molecule has 0 radical (unpaired) electrons. The van der Waals surface area contributed by atoms with Crippen LogP contribution < -0.4 is 36.3 Å². The Balaban J connectivity index is 0.00000124. The fourth-order valence-corrected chi connectivity index (χ4v) is 3.84. The summed E-state index contributed by atoms with van der Waals surface area (Å²) >= 11 is 0. The van der Waals surface area contributed by atoms with Crippen molar-refractivity contribution in [3.05, 3.63) is 88.2 Å². The van der Waals surface area contributed by atoms with Crippen molar-refractivity contribution in [2.75, 3.05) is 32.7 Å². The Morgan fingerprint density at radius 3 is 2.43 bits per heavy atom. The van der Waals surface area contributed by atoms with Crippen LogP contribution in [0.5, 0.6) is 17.2 Å². The number of hydrogen-bond acceptors (Lipinski definition) is 10. The number of amides is 1. The minimum atomic E-state index is -0.833. The van der Waals surface area contributed by atoms with Crippen molar-refractivity contribution < 1.29 is 28.9 Å². The van der Waals surface area contributed by atoms with Crippen LogP contribution in [0.1, 0.15) is 36.8 Å². The number of aromatic nitrogens is 4. The second-order valence-electron chi connectivity index (χ2n) is 8.94. The minimum Gasteiger partial charge on any atom is -0.493 e. The number of carbonyl (C=O) groups is 2. The van der Waals surface area contributed by atoms with Crippen LogP contribution in [0.2, 0.25) is 0 Å². The maximum atomic E-state index is 13.0. The predicted octanol–water partition coefficient (Wildman–Crippen LogP) is 2.06. The number of pyridine rings is 1. The first-order valence-electron chi connectivity index (χ1n) is 13.3. The zero-order chi connectivity index (χ0) is 32.2. The fraction of sp³-hybridized carbons (Fsp3) is 0.241. The topological polar surface area (TPSA) is 220 Å². The number of benzene rings is 2. The van der Waals surface area contributed by atoms with E-state index in [1.807, 2.05) is 6.92 Å². The fourth-order valence-electron chi connectivity index (χ4n) is 3.84. The maximum Gasteiger partial charge on any atom is 0.349 e. The third-order valence-corrected chi connectivity index (χ3v) is 5.83. The Morgan fingerprint density at radius 2 is 1.82 bits per heavy atom. The van der Waals surface area contributed by atoms with Crippen LogP contribution in [0.4, 0.5) is 5.69 Å². The summed E-state index contributed by atoms with van der Waals surface area (Å²) in [6.45, 7) is 3.10. The molecule has 1 atom stereocenters. The molecule has 232 valence electrons. The first kappa shape index (κ1) is 32.7. The number of carboxylic acid groups (broad SMARTS) is 1. The molecule has 1 unspecified atom stereocenters. The number of rotatable bonds is 12. The molecular weight excluding hydrogens is 572 g/mol. The number of aliphatic carboxylic acids is 1. The van der Waals surface area contributed by atoms with Gasteiger partial charge in [-0.15, -0.1) is 5.10 Å². The van der Waals surface area contributed by atoms with Crippen molar-refractivity contribution in [1.29, 1.82) is 5.41 Å². The Bertz CT molecular complexity index is 1650. The van der Waals surface area contributed by atoms with E-state index in [-0.39, 0.29) is 30.0 Å². The van der Waals surface area contributed by atoms with Crippen molar-refractivity contribution in [3.63, 3.8) is 0 Å². The third-order valence-electron chi connectivity index (χ3n) is 5.83. The highest BCUT2D eigenvalue weighted by molar-refractivity contribution is 5.95. The highest BCUT2D eigenvalue weighted by atomic mass is 16.5. The van der Waals surface area contributed by atoms with Crippen LogP contribution >= 0.6 is 0 Å². The highest BCUT2D eigenvalue weighted by Gasteiger charge is 2.23. The second kappa shape index (κ2) is 15.4. The second-order valence-corrected chi connectivity index (χ2v) is 8.94. The van der Waals surface area contributed by atoms with E-state index in [2.05, 4.69) is 25.7 Å². The van der Waals surface area contributed by atoms with Crippen molar-refractivity contribution in [2.45, 2.75) is 19.9 Å². The minimum absolute atomic E-state index is 0.0517. The first-order valence-corrected chi connectivity index (χ1v) is 13.3. The van der Waals surface area contributed by atoms with Crippen molar-refractivity contribution in [2.24, 2.45) is 5.73 Å². The monoisotopic (exact) mass is 606 g/mol. The number of amidine groups is 1. The van der Waals surface area contributed by atoms with Crippen molar-refractivity contribution in [1.82, 2.24) is 25.1 Å². The summed E-state index contributed by atoms with van der Waals surface area (Å²) in [7, 11) is 3.01. The first-order chi connectivity index (χ1) is 21.1. The van der Waals surface area contributed by atoms with Crippen LogP contribution in [0.25, 0.3) is 5.82 Å². The van der Waals surface area contributed by atoms with Gasteiger partial charge in [-0.05, 0) is 61.0 Å². The number of H-pyrrole nitrogens is 1. The van der Waals surface area contributed by atoms with Crippen LogP contribution in [0, 0.1) is 5.41 Å². The lowest BCUT2D eigenvalue weighted by atomic mass is 10.0. The predicted molar refractivity (Wildman–Crippen MR) is 162 cm³/mol. The lowest BCUT2D eigenvalue weighted by molar-refractivity contribution is -0.134. The molecule has 4 rings (SSSR count). The molecule has 0 aliphatic carbocycles. The van der Waals surface area contributed by atoms with E-state index in [0.29, 0.717) is 40.7 Å². The van der Waals surface area contributed by atoms with E-state index in [4.69, 9.17) is 35.3 Å². The van der Waals surface area contributed by atoms with Gasteiger partial charge in [0, 0.05) is 31.4 Å². The average molecular weight is 607 g/mol. The molecule has 1 amide bonds. The third kappa shape index (κ3) is 8.58. The average Bonchev–Trinajstić information content (AvgIpc) is 3.39.